The molecule has 1 aromatic carbocycles. The molecule has 0 aromatic heterocycles. The summed E-state index contributed by atoms with van der Waals surface area (Å²) in [7, 11) is 0. The van der Waals surface area contributed by atoms with Crippen LogP contribution in [-0.2, 0) is 6.42 Å². The van der Waals surface area contributed by atoms with E-state index in [9.17, 15) is 5.11 Å². The molecule has 0 amide bonds. The van der Waals surface area contributed by atoms with Crippen LogP contribution in [0.4, 0.5) is 0 Å². The summed E-state index contributed by atoms with van der Waals surface area (Å²) in [5, 5.41) is 14.1. The number of halogens is 1. The van der Waals surface area contributed by atoms with Gasteiger partial charge in [-0.1, -0.05) is 36.6 Å². The molecule has 94 valence electrons. The Morgan fingerprint density at radius 2 is 1.88 bits per heavy atom. The average Bonchev–Trinajstić information content (AvgIpc) is 2.34. The van der Waals surface area contributed by atoms with Crippen LogP contribution in [0.25, 0.3) is 0 Å². The van der Waals surface area contributed by atoms with Gasteiger partial charge in [0, 0.05) is 11.1 Å². The predicted octanol–water partition coefficient (Wildman–Crippen LogP) is 2.78. The maximum atomic E-state index is 9.82. The SMILES string of the molecule is O[C@@H]1CCCC[C@H]1NCCc1ccc(Cl)cc1. The van der Waals surface area contributed by atoms with Crippen molar-refractivity contribution in [3.05, 3.63) is 34.9 Å². The third-order valence-corrected chi connectivity index (χ3v) is 3.71. The van der Waals surface area contributed by atoms with Crippen LogP contribution in [0.1, 0.15) is 31.2 Å². The largest absolute Gasteiger partial charge is 0.392 e. The van der Waals surface area contributed by atoms with Crippen LogP contribution < -0.4 is 5.32 Å². The first-order valence-electron chi connectivity index (χ1n) is 6.41. The molecule has 1 aliphatic rings. The molecule has 1 fully saturated rings. The van der Waals surface area contributed by atoms with Gasteiger partial charge in [-0.25, -0.2) is 0 Å². The molecule has 1 aromatic rings. The van der Waals surface area contributed by atoms with E-state index in [1.54, 1.807) is 0 Å². The van der Waals surface area contributed by atoms with Crippen molar-refractivity contribution in [2.45, 2.75) is 44.2 Å². The lowest BCUT2D eigenvalue weighted by Gasteiger charge is -2.28. The number of hydrogen-bond donors (Lipinski definition) is 2. The molecule has 0 radical (unpaired) electrons. The molecule has 0 unspecified atom stereocenters. The second kappa shape index (κ2) is 6.39. The van der Waals surface area contributed by atoms with Gasteiger partial charge in [0.2, 0.25) is 0 Å². The summed E-state index contributed by atoms with van der Waals surface area (Å²) in [6, 6.07) is 8.25. The van der Waals surface area contributed by atoms with E-state index < -0.39 is 0 Å². The highest BCUT2D eigenvalue weighted by Crippen LogP contribution is 2.18. The van der Waals surface area contributed by atoms with Crippen molar-refractivity contribution < 1.29 is 5.11 Å². The third-order valence-electron chi connectivity index (χ3n) is 3.46. The molecule has 2 atom stereocenters. The normalized spacial score (nSPS) is 24.8. The summed E-state index contributed by atoms with van der Waals surface area (Å²) in [6.45, 7) is 0.920. The van der Waals surface area contributed by atoms with Gasteiger partial charge >= 0.3 is 0 Å². The van der Waals surface area contributed by atoms with E-state index in [4.69, 9.17) is 11.6 Å². The molecule has 2 nitrogen and oxygen atoms in total. The van der Waals surface area contributed by atoms with Crippen molar-refractivity contribution in [2.75, 3.05) is 6.54 Å². The Balaban J connectivity index is 1.73. The average molecular weight is 254 g/mol. The maximum Gasteiger partial charge on any atom is 0.0693 e. The monoisotopic (exact) mass is 253 g/mol. The number of benzene rings is 1. The van der Waals surface area contributed by atoms with Gasteiger partial charge in [-0.2, -0.15) is 0 Å². The van der Waals surface area contributed by atoms with E-state index >= 15 is 0 Å². The summed E-state index contributed by atoms with van der Waals surface area (Å²) < 4.78 is 0. The summed E-state index contributed by atoms with van der Waals surface area (Å²) in [6.07, 6.45) is 5.27. The highest BCUT2D eigenvalue weighted by atomic mass is 35.5. The zero-order valence-electron chi connectivity index (χ0n) is 10.0. The van der Waals surface area contributed by atoms with E-state index in [2.05, 4.69) is 17.4 Å². The van der Waals surface area contributed by atoms with Crippen LogP contribution in [0.5, 0.6) is 0 Å². The van der Waals surface area contributed by atoms with Gasteiger partial charge in [0.05, 0.1) is 6.10 Å². The standard InChI is InChI=1S/C14H20ClNO/c15-12-7-5-11(6-8-12)9-10-16-13-3-1-2-4-14(13)17/h5-8,13-14,16-17H,1-4,9-10H2/t13-,14-/m1/s1. The minimum absolute atomic E-state index is 0.158. The lowest BCUT2D eigenvalue weighted by atomic mass is 9.92. The molecule has 2 rings (SSSR count). The van der Waals surface area contributed by atoms with Gasteiger partial charge in [-0.15, -0.1) is 0 Å². The molecule has 3 heteroatoms. The number of hydrogen-bond acceptors (Lipinski definition) is 2. The molecule has 1 saturated carbocycles. The summed E-state index contributed by atoms with van der Waals surface area (Å²) in [4.78, 5) is 0. The molecule has 0 saturated heterocycles. The molecular formula is C14H20ClNO. The smallest absolute Gasteiger partial charge is 0.0693 e. The number of aliphatic hydroxyl groups is 1. The topological polar surface area (TPSA) is 32.3 Å². The maximum absolute atomic E-state index is 9.82. The summed E-state index contributed by atoms with van der Waals surface area (Å²) in [5.74, 6) is 0. The summed E-state index contributed by atoms with van der Waals surface area (Å²) in [5.41, 5.74) is 1.28. The van der Waals surface area contributed by atoms with Crippen LogP contribution in [0, 0.1) is 0 Å². The first-order chi connectivity index (χ1) is 8.25. The fraction of sp³-hybridized carbons (Fsp3) is 0.571. The van der Waals surface area contributed by atoms with E-state index in [-0.39, 0.29) is 12.1 Å². The molecule has 0 bridgehead atoms. The van der Waals surface area contributed by atoms with Crippen LogP contribution in [0.15, 0.2) is 24.3 Å². The lowest BCUT2D eigenvalue weighted by Crippen LogP contribution is -2.42. The Bertz CT molecular complexity index is 339. The minimum Gasteiger partial charge on any atom is -0.392 e. The second-order valence-corrected chi connectivity index (χ2v) is 5.23. The van der Waals surface area contributed by atoms with Crippen LogP contribution in [0.2, 0.25) is 5.02 Å². The Morgan fingerprint density at radius 1 is 1.18 bits per heavy atom. The van der Waals surface area contributed by atoms with E-state index in [1.807, 2.05) is 12.1 Å². The van der Waals surface area contributed by atoms with Crippen molar-refractivity contribution in [3.8, 4) is 0 Å². The van der Waals surface area contributed by atoms with Crippen molar-refractivity contribution in [2.24, 2.45) is 0 Å². The third kappa shape index (κ3) is 3.98. The van der Waals surface area contributed by atoms with Crippen LogP contribution >= 0.6 is 11.6 Å². The number of nitrogens with one attached hydrogen (secondary N) is 1. The number of aliphatic hydroxyl groups excluding tert-OH is 1. The molecule has 1 aliphatic carbocycles. The fourth-order valence-electron chi connectivity index (χ4n) is 2.40. The molecule has 0 heterocycles. The molecule has 0 spiro atoms. The number of rotatable bonds is 4. The Morgan fingerprint density at radius 3 is 2.59 bits per heavy atom. The molecule has 2 N–H and O–H groups in total. The quantitative estimate of drug-likeness (QED) is 0.865. The first-order valence-corrected chi connectivity index (χ1v) is 6.79. The Kier molecular flexibility index (Phi) is 4.84. The first kappa shape index (κ1) is 12.9. The van der Waals surface area contributed by atoms with Crippen LogP contribution in [0.3, 0.4) is 0 Å². The fourth-order valence-corrected chi connectivity index (χ4v) is 2.53. The van der Waals surface area contributed by atoms with Gasteiger partial charge in [-0.3, -0.25) is 0 Å². The van der Waals surface area contributed by atoms with E-state index in [1.165, 1.54) is 12.0 Å². The Hall–Kier alpha value is -0.570. The van der Waals surface area contributed by atoms with E-state index in [0.717, 1.165) is 37.3 Å². The predicted molar refractivity (Wildman–Crippen MR) is 71.4 cm³/mol. The highest BCUT2D eigenvalue weighted by Gasteiger charge is 2.21. The minimum atomic E-state index is -0.158. The van der Waals surface area contributed by atoms with Gasteiger partial charge in [0.1, 0.15) is 0 Å². The molecular weight excluding hydrogens is 234 g/mol. The van der Waals surface area contributed by atoms with Gasteiger partial charge in [0.25, 0.3) is 0 Å². The van der Waals surface area contributed by atoms with Crippen LogP contribution in [-0.4, -0.2) is 23.8 Å². The van der Waals surface area contributed by atoms with Crippen molar-refractivity contribution in [3.63, 3.8) is 0 Å². The van der Waals surface area contributed by atoms with E-state index in [0.29, 0.717) is 0 Å². The van der Waals surface area contributed by atoms with Gasteiger partial charge in [0.15, 0.2) is 0 Å². The van der Waals surface area contributed by atoms with Crippen molar-refractivity contribution in [1.82, 2.24) is 5.32 Å². The molecule has 17 heavy (non-hydrogen) atoms. The summed E-state index contributed by atoms with van der Waals surface area (Å²) >= 11 is 5.84. The van der Waals surface area contributed by atoms with Crippen molar-refractivity contribution >= 4 is 11.6 Å². The highest BCUT2D eigenvalue weighted by molar-refractivity contribution is 6.30. The van der Waals surface area contributed by atoms with Gasteiger partial charge in [-0.05, 0) is 43.5 Å². The zero-order valence-corrected chi connectivity index (χ0v) is 10.8. The van der Waals surface area contributed by atoms with Crippen molar-refractivity contribution in [1.29, 1.82) is 0 Å². The van der Waals surface area contributed by atoms with Gasteiger partial charge < -0.3 is 10.4 Å². The second-order valence-electron chi connectivity index (χ2n) is 4.79. The Labute approximate surface area is 108 Å². The zero-order chi connectivity index (χ0) is 12.1. The lowest BCUT2D eigenvalue weighted by molar-refractivity contribution is 0.0914. The molecule has 0 aliphatic heterocycles.